The summed E-state index contributed by atoms with van der Waals surface area (Å²) < 4.78 is 28.2. The van der Waals surface area contributed by atoms with E-state index in [0.717, 1.165) is 24.8 Å². The number of nitrogens with zero attached hydrogens (tertiary/aromatic N) is 5. The normalized spacial score (nSPS) is 20.0. The molecule has 0 spiro atoms. The number of imidazole rings is 1. The molecular formula is C27H29ClF2N6O2. The molecule has 2 aliphatic heterocycles. The molecule has 2 amide bonds. The van der Waals surface area contributed by atoms with E-state index in [2.05, 4.69) is 4.98 Å². The number of halogens is 3. The Labute approximate surface area is 224 Å². The molecule has 0 bridgehead atoms. The second-order valence-corrected chi connectivity index (χ2v) is 10.4. The first-order valence-electron chi connectivity index (χ1n) is 12.6. The predicted molar refractivity (Wildman–Crippen MR) is 141 cm³/mol. The van der Waals surface area contributed by atoms with Gasteiger partial charge in [-0.15, -0.1) is 0 Å². The fourth-order valence-corrected chi connectivity index (χ4v) is 5.63. The Morgan fingerprint density at radius 3 is 2.76 bits per heavy atom. The van der Waals surface area contributed by atoms with Gasteiger partial charge in [0.05, 0.1) is 46.3 Å². The minimum Gasteiger partial charge on any atom is -0.366 e. The summed E-state index contributed by atoms with van der Waals surface area (Å²) >= 11 is 6.68. The van der Waals surface area contributed by atoms with Gasteiger partial charge in [-0.25, -0.2) is 13.8 Å². The Hall–Kier alpha value is -3.37. The number of pyridine rings is 1. The number of para-hydroxylation sites is 1. The van der Waals surface area contributed by atoms with Crippen LogP contribution in [-0.2, 0) is 4.79 Å². The third-order valence-electron chi connectivity index (χ3n) is 7.15. The first kappa shape index (κ1) is 26.2. The molecule has 2 fully saturated rings. The van der Waals surface area contributed by atoms with E-state index in [-0.39, 0.29) is 25.0 Å². The zero-order valence-electron chi connectivity index (χ0n) is 21.0. The molecule has 8 nitrogen and oxygen atoms in total. The van der Waals surface area contributed by atoms with E-state index in [1.54, 1.807) is 41.1 Å². The summed E-state index contributed by atoms with van der Waals surface area (Å²) in [5.74, 6) is -2.86. The molecule has 5 rings (SSSR count). The van der Waals surface area contributed by atoms with Crippen molar-refractivity contribution in [2.45, 2.75) is 38.2 Å². The summed E-state index contributed by atoms with van der Waals surface area (Å²) in [6, 6.07) is 6.87. The number of alkyl halides is 2. The first-order chi connectivity index (χ1) is 18.1. The molecule has 1 aromatic carbocycles. The minimum absolute atomic E-state index is 0.170. The zero-order valence-corrected chi connectivity index (χ0v) is 21.8. The fourth-order valence-electron chi connectivity index (χ4n) is 5.37. The van der Waals surface area contributed by atoms with E-state index in [9.17, 15) is 18.4 Å². The van der Waals surface area contributed by atoms with Crippen molar-refractivity contribution in [1.29, 1.82) is 0 Å². The second-order valence-electron chi connectivity index (χ2n) is 9.96. The van der Waals surface area contributed by atoms with E-state index in [1.807, 2.05) is 16.7 Å². The Morgan fingerprint density at radius 1 is 1.24 bits per heavy atom. The summed E-state index contributed by atoms with van der Waals surface area (Å²) in [5.41, 5.74) is 8.57. The number of hydrogen-bond acceptors (Lipinski definition) is 5. The average molecular weight is 543 g/mol. The molecule has 38 heavy (non-hydrogen) atoms. The molecule has 0 saturated carbocycles. The van der Waals surface area contributed by atoms with Crippen LogP contribution in [0.1, 0.15) is 41.4 Å². The lowest BCUT2D eigenvalue weighted by atomic mass is 10.0. The molecule has 4 heterocycles. The number of carbonyl (C=O) groups is 2. The molecule has 2 aromatic heterocycles. The maximum absolute atomic E-state index is 13.1. The van der Waals surface area contributed by atoms with Crippen molar-refractivity contribution < 1.29 is 18.4 Å². The highest BCUT2D eigenvalue weighted by atomic mass is 35.5. The molecule has 1 atom stereocenters. The van der Waals surface area contributed by atoms with Gasteiger partial charge in [-0.1, -0.05) is 23.7 Å². The van der Waals surface area contributed by atoms with Crippen LogP contribution in [0.2, 0.25) is 5.02 Å². The number of rotatable bonds is 6. The van der Waals surface area contributed by atoms with Gasteiger partial charge < -0.3 is 15.2 Å². The minimum atomic E-state index is -2.64. The van der Waals surface area contributed by atoms with Gasteiger partial charge in [-0.2, -0.15) is 0 Å². The van der Waals surface area contributed by atoms with Crippen molar-refractivity contribution in [3.63, 3.8) is 0 Å². The van der Waals surface area contributed by atoms with Gasteiger partial charge in [0.2, 0.25) is 11.8 Å². The van der Waals surface area contributed by atoms with Crippen molar-refractivity contribution >= 4 is 34.4 Å². The molecule has 2 N–H and O–H groups in total. The summed E-state index contributed by atoms with van der Waals surface area (Å²) in [7, 11) is 0. The maximum Gasteiger partial charge on any atom is 0.272 e. The van der Waals surface area contributed by atoms with Crippen molar-refractivity contribution in [3.05, 3.63) is 58.9 Å². The first-order valence-corrected chi connectivity index (χ1v) is 13.0. The third kappa shape index (κ3) is 5.15. The van der Waals surface area contributed by atoms with Crippen LogP contribution in [0.4, 0.5) is 8.78 Å². The van der Waals surface area contributed by atoms with Crippen LogP contribution in [-0.4, -0.2) is 74.8 Å². The largest absolute Gasteiger partial charge is 0.366 e. The van der Waals surface area contributed by atoms with Crippen molar-refractivity contribution in [2.24, 2.45) is 5.73 Å². The second kappa shape index (κ2) is 10.4. The zero-order chi connectivity index (χ0) is 27.0. The molecule has 11 heteroatoms. The van der Waals surface area contributed by atoms with Gasteiger partial charge in [0, 0.05) is 37.6 Å². The van der Waals surface area contributed by atoms with Gasteiger partial charge in [0.25, 0.3) is 5.92 Å². The molecular weight excluding hydrogens is 514 g/mol. The molecule has 200 valence electrons. The van der Waals surface area contributed by atoms with Crippen LogP contribution in [0.25, 0.3) is 22.4 Å². The van der Waals surface area contributed by atoms with Gasteiger partial charge in [0.15, 0.2) is 0 Å². The SMILES string of the molecule is Cc1nccc(C(N)=O)c1-c1nc2cccc(Cl)c2n1C1CCCCN(C(=O)/C=C/CN2CC(F)(F)C2)C1. The molecule has 0 aliphatic carbocycles. The average Bonchev–Trinajstić information content (AvgIpc) is 3.06. The van der Waals surface area contributed by atoms with Crippen LogP contribution in [0, 0.1) is 6.92 Å². The van der Waals surface area contributed by atoms with Gasteiger partial charge in [-0.05, 0) is 44.4 Å². The summed E-state index contributed by atoms with van der Waals surface area (Å²) in [4.78, 5) is 38.1. The van der Waals surface area contributed by atoms with E-state index < -0.39 is 11.8 Å². The van der Waals surface area contributed by atoms with Crippen molar-refractivity contribution in [2.75, 3.05) is 32.7 Å². The standard InChI is InChI=1S/C27H29ClF2N6O2/c1-17-23(19(25(31)38)10-11-32-17)26-33-21-8-4-7-20(28)24(21)36(26)18-6-2-3-13-35(14-18)22(37)9-5-12-34-15-27(29,30)16-34/h4-5,7-11,18H,2-3,6,12-16H2,1H3,(H2,31,38)/b9-5+. The van der Waals surface area contributed by atoms with E-state index in [1.165, 1.54) is 6.08 Å². The summed E-state index contributed by atoms with van der Waals surface area (Å²) in [6.07, 6.45) is 7.12. The summed E-state index contributed by atoms with van der Waals surface area (Å²) in [5, 5.41) is 0.511. The number of amides is 2. The maximum atomic E-state index is 13.1. The van der Waals surface area contributed by atoms with Crippen LogP contribution in [0.5, 0.6) is 0 Å². The number of primary amides is 1. The number of aromatic nitrogens is 3. The van der Waals surface area contributed by atoms with E-state index in [4.69, 9.17) is 22.3 Å². The quantitative estimate of drug-likeness (QED) is 0.470. The number of likely N-dealkylation sites (tertiary alicyclic amines) is 2. The summed E-state index contributed by atoms with van der Waals surface area (Å²) in [6.45, 7) is 2.52. The fraction of sp³-hybridized carbons (Fsp3) is 0.407. The number of carbonyl (C=O) groups excluding carboxylic acids is 2. The molecule has 3 aromatic rings. The van der Waals surface area contributed by atoms with Crippen LogP contribution in [0.15, 0.2) is 42.6 Å². The molecule has 2 saturated heterocycles. The lowest BCUT2D eigenvalue weighted by Gasteiger charge is -2.37. The lowest BCUT2D eigenvalue weighted by Crippen LogP contribution is -2.55. The number of benzene rings is 1. The van der Waals surface area contributed by atoms with Gasteiger partial charge in [0.1, 0.15) is 5.82 Å². The number of aryl methyl sites for hydroxylation is 1. The Kier molecular flexibility index (Phi) is 7.19. The Morgan fingerprint density at radius 2 is 2.03 bits per heavy atom. The third-order valence-corrected chi connectivity index (χ3v) is 7.45. The Balaban J connectivity index is 1.50. The Bertz CT molecular complexity index is 1410. The molecule has 2 aliphatic rings. The van der Waals surface area contributed by atoms with E-state index >= 15 is 0 Å². The smallest absolute Gasteiger partial charge is 0.272 e. The highest BCUT2D eigenvalue weighted by molar-refractivity contribution is 6.35. The number of nitrogens with two attached hydrogens (primary N) is 1. The van der Waals surface area contributed by atoms with Gasteiger partial charge >= 0.3 is 0 Å². The number of hydrogen-bond donors (Lipinski definition) is 1. The van der Waals surface area contributed by atoms with Crippen LogP contribution >= 0.6 is 11.6 Å². The predicted octanol–water partition coefficient (Wildman–Crippen LogP) is 4.22. The monoisotopic (exact) mass is 542 g/mol. The molecule has 0 radical (unpaired) electrons. The highest BCUT2D eigenvalue weighted by Crippen LogP contribution is 2.37. The highest BCUT2D eigenvalue weighted by Gasteiger charge is 2.43. The van der Waals surface area contributed by atoms with Crippen molar-refractivity contribution in [1.82, 2.24) is 24.3 Å². The van der Waals surface area contributed by atoms with Crippen LogP contribution < -0.4 is 5.73 Å². The van der Waals surface area contributed by atoms with Crippen molar-refractivity contribution in [3.8, 4) is 11.4 Å². The van der Waals surface area contributed by atoms with E-state index in [0.29, 0.717) is 52.8 Å². The molecule has 1 unspecified atom stereocenters. The lowest BCUT2D eigenvalue weighted by molar-refractivity contribution is -0.127. The van der Waals surface area contributed by atoms with Gasteiger partial charge in [-0.3, -0.25) is 19.5 Å². The number of fused-ring (bicyclic) bond motifs is 1. The topological polar surface area (TPSA) is 97.4 Å². The van der Waals surface area contributed by atoms with Crippen LogP contribution in [0.3, 0.4) is 0 Å².